The first-order chi connectivity index (χ1) is 15.3. The largest absolute Gasteiger partial charge is 0.321 e. The minimum Gasteiger partial charge on any atom is -0.321 e. The van der Waals surface area contributed by atoms with Crippen LogP contribution >= 0.6 is 11.6 Å². The van der Waals surface area contributed by atoms with E-state index in [4.69, 9.17) is 11.6 Å². The number of nitrogens with one attached hydrogen (secondary N) is 2. The third kappa shape index (κ3) is 5.10. The summed E-state index contributed by atoms with van der Waals surface area (Å²) in [6, 6.07) is 9.09. The molecule has 170 valence electrons. The second kappa shape index (κ2) is 9.55. The van der Waals surface area contributed by atoms with Crippen LogP contribution in [0.2, 0.25) is 5.02 Å². The van der Waals surface area contributed by atoms with Gasteiger partial charge in [-0.2, -0.15) is 5.10 Å². The molecule has 5 nitrogen and oxygen atoms in total. The van der Waals surface area contributed by atoms with Gasteiger partial charge in [0.05, 0.1) is 5.02 Å². The number of rotatable bonds is 6. The van der Waals surface area contributed by atoms with Crippen LogP contribution in [0.4, 0.5) is 20.4 Å². The van der Waals surface area contributed by atoms with E-state index in [0.717, 1.165) is 37.2 Å². The van der Waals surface area contributed by atoms with Crippen LogP contribution in [0.1, 0.15) is 42.3 Å². The van der Waals surface area contributed by atoms with Crippen molar-refractivity contribution < 1.29 is 8.78 Å². The maximum atomic E-state index is 14.6. The van der Waals surface area contributed by atoms with E-state index >= 15 is 0 Å². The third-order valence-corrected chi connectivity index (χ3v) is 6.46. The molecule has 1 unspecified atom stereocenters. The van der Waals surface area contributed by atoms with Gasteiger partial charge in [0.1, 0.15) is 5.82 Å². The van der Waals surface area contributed by atoms with Crippen LogP contribution in [-0.4, -0.2) is 32.7 Å². The summed E-state index contributed by atoms with van der Waals surface area (Å²) in [6.07, 6.45) is 2.73. The van der Waals surface area contributed by atoms with Crippen molar-refractivity contribution in [3.8, 4) is 0 Å². The van der Waals surface area contributed by atoms with Crippen molar-refractivity contribution in [3.05, 3.63) is 69.5 Å². The molecular formula is C24H28ClF2N5. The number of hydrogen-bond acceptors (Lipinski definition) is 4. The molecule has 1 saturated heterocycles. The second-order valence-corrected chi connectivity index (χ2v) is 9.19. The van der Waals surface area contributed by atoms with Crippen LogP contribution in [0.3, 0.4) is 0 Å². The highest BCUT2D eigenvalue weighted by molar-refractivity contribution is 6.30. The van der Waals surface area contributed by atoms with Crippen LogP contribution < -0.4 is 5.32 Å². The van der Waals surface area contributed by atoms with Crippen molar-refractivity contribution >= 4 is 23.2 Å². The molecule has 32 heavy (non-hydrogen) atoms. The smallest absolute Gasteiger partial charge is 0.168 e. The van der Waals surface area contributed by atoms with Crippen LogP contribution in [-0.2, 0) is 13.0 Å². The normalized spacial score (nSPS) is 19.3. The van der Waals surface area contributed by atoms with Gasteiger partial charge < -0.3 is 5.32 Å². The molecule has 3 heterocycles. The summed E-state index contributed by atoms with van der Waals surface area (Å²) in [5.74, 6) is 0.486. The summed E-state index contributed by atoms with van der Waals surface area (Å²) in [5, 5.41) is 10.1. The molecule has 1 aliphatic heterocycles. The highest BCUT2D eigenvalue weighted by Gasteiger charge is 2.27. The zero-order valence-corrected chi connectivity index (χ0v) is 19.3. The minimum absolute atomic E-state index is 0.164. The number of aromatic amines is 1. The number of nitrogens with zero attached hydrogens (tertiary/aromatic N) is 3. The van der Waals surface area contributed by atoms with Gasteiger partial charge >= 0.3 is 0 Å². The molecular weight excluding hydrogens is 432 g/mol. The molecule has 0 saturated carbocycles. The third-order valence-electron chi connectivity index (χ3n) is 6.17. The number of aryl methyl sites for hydroxylation is 2. The lowest BCUT2D eigenvalue weighted by atomic mass is 9.87. The van der Waals surface area contributed by atoms with Crippen molar-refractivity contribution in [1.82, 2.24) is 20.1 Å². The maximum Gasteiger partial charge on any atom is 0.168 e. The van der Waals surface area contributed by atoms with Gasteiger partial charge in [0.15, 0.2) is 17.5 Å². The van der Waals surface area contributed by atoms with Crippen molar-refractivity contribution in [3.63, 3.8) is 0 Å². The number of H-pyrrole nitrogens is 1. The Labute approximate surface area is 192 Å². The molecule has 1 fully saturated rings. The Morgan fingerprint density at radius 1 is 1.22 bits per heavy atom. The predicted octanol–water partition coefficient (Wildman–Crippen LogP) is 5.94. The molecule has 0 aliphatic carbocycles. The van der Waals surface area contributed by atoms with Crippen LogP contribution in [0.15, 0.2) is 30.3 Å². The standard InChI is InChI=1S/C24H28ClF2N5/c1-14-9-19(28-24(22(14)26)29-21-10-15(2)30-31-21)12-17-7-8-32(16(3)11-17)13-18-5-4-6-20(25)23(18)27/h4-6,9-10,16-17H,7-8,11-13H2,1-3H3,(H2,28,29,30,31)/t16-,17?/m1/s1. The Kier molecular flexibility index (Phi) is 6.76. The SMILES string of the molecule is Cc1cc(Nc2nc(CC3CCN(Cc4cccc(Cl)c4F)[C@H](C)C3)cc(C)c2F)n[nH]1. The van der Waals surface area contributed by atoms with Crippen molar-refractivity contribution in [2.45, 2.75) is 52.6 Å². The van der Waals surface area contributed by atoms with E-state index in [-0.39, 0.29) is 22.5 Å². The van der Waals surface area contributed by atoms with E-state index in [1.54, 1.807) is 25.1 Å². The van der Waals surface area contributed by atoms with Gasteiger partial charge in [-0.3, -0.25) is 10.00 Å². The number of benzene rings is 1. The van der Waals surface area contributed by atoms with Crippen LogP contribution in [0.5, 0.6) is 0 Å². The molecule has 2 aromatic heterocycles. The topological polar surface area (TPSA) is 56.8 Å². The molecule has 3 aromatic rings. The quantitative estimate of drug-likeness (QED) is 0.479. The van der Waals surface area contributed by atoms with Gasteiger partial charge in [-0.25, -0.2) is 13.8 Å². The minimum atomic E-state index is -0.360. The van der Waals surface area contributed by atoms with E-state index in [1.165, 1.54) is 0 Å². The van der Waals surface area contributed by atoms with E-state index in [9.17, 15) is 8.78 Å². The van der Waals surface area contributed by atoms with Gasteiger partial charge in [-0.1, -0.05) is 23.7 Å². The fourth-order valence-electron chi connectivity index (χ4n) is 4.44. The molecule has 0 radical (unpaired) electrons. The van der Waals surface area contributed by atoms with Crippen LogP contribution in [0.25, 0.3) is 0 Å². The zero-order chi connectivity index (χ0) is 22.8. The van der Waals surface area contributed by atoms with Gasteiger partial charge in [0, 0.05) is 35.6 Å². The van der Waals surface area contributed by atoms with Gasteiger partial charge in [-0.15, -0.1) is 0 Å². The summed E-state index contributed by atoms with van der Waals surface area (Å²) in [7, 11) is 0. The second-order valence-electron chi connectivity index (χ2n) is 8.78. The van der Waals surface area contributed by atoms with Crippen molar-refractivity contribution in [2.75, 3.05) is 11.9 Å². The van der Waals surface area contributed by atoms with Crippen molar-refractivity contribution in [2.24, 2.45) is 5.92 Å². The number of pyridine rings is 1. The molecule has 1 aliphatic rings. The lowest BCUT2D eigenvalue weighted by Gasteiger charge is -2.38. The van der Waals surface area contributed by atoms with E-state index in [0.29, 0.717) is 35.4 Å². The molecule has 4 rings (SSSR count). The average Bonchev–Trinajstić information content (AvgIpc) is 3.15. The first kappa shape index (κ1) is 22.7. The molecule has 2 N–H and O–H groups in total. The summed E-state index contributed by atoms with van der Waals surface area (Å²) in [5.41, 5.74) is 2.94. The predicted molar refractivity (Wildman–Crippen MR) is 123 cm³/mol. The maximum absolute atomic E-state index is 14.6. The fraction of sp³-hybridized carbons (Fsp3) is 0.417. The first-order valence-electron chi connectivity index (χ1n) is 10.9. The zero-order valence-electron chi connectivity index (χ0n) is 18.6. The average molecular weight is 460 g/mol. The molecule has 0 spiro atoms. The summed E-state index contributed by atoms with van der Waals surface area (Å²) >= 11 is 5.93. The van der Waals surface area contributed by atoms with Gasteiger partial charge in [0.25, 0.3) is 0 Å². The number of aromatic nitrogens is 3. The molecule has 0 amide bonds. The molecule has 2 atom stereocenters. The number of anilines is 2. The number of piperidine rings is 1. The van der Waals surface area contributed by atoms with Crippen LogP contribution in [0, 0.1) is 31.4 Å². The Balaban J connectivity index is 1.41. The van der Waals surface area contributed by atoms with Crippen molar-refractivity contribution in [1.29, 1.82) is 0 Å². The molecule has 8 heteroatoms. The summed E-state index contributed by atoms with van der Waals surface area (Å²) in [4.78, 5) is 6.84. The Morgan fingerprint density at radius 3 is 2.75 bits per heavy atom. The highest BCUT2D eigenvalue weighted by Crippen LogP contribution is 2.29. The number of hydrogen-bond donors (Lipinski definition) is 2. The Bertz CT molecular complexity index is 1100. The van der Waals surface area contributed by atoms with E-state index in [2.05, 4.69) is 32.3 Å². The fourth-order valence-corrected chi connectivity index (χ4v) is 4.63. The lowest BCUT2D eigenvalue weighted by Crippen LogP contribution is -2.40. The summed E-state index contributed by atoms with van der Waals surface area (Å²) < 4.78 is 28.9. The molecule has 0 bridgehead atoms. The monoisotopic (exact) mass is 459 g/mol. The number of halogens is 3. The number of likely N-dealkylation sites (tertiary alicyclic amines) is 1. The van der Waals surface area contributed by atoms with Gasteiger partial charge in [0.2, 0.25) is 0 Å². The Hall–Kier alpha value is -2.51. The Morgan fingerprint density at radius 2 is 2.03 bits per heavy atom. The van der Waals surface area contributed by atoms with E-state index < -0.39 is 0 Å². The van der Waals surface area contributed by atoms with Gasteiger partial charge in [-0.05, 0) is 70.2 Å². The lowest BCUT2D eigenvalue weighted by molar-refractivity contribution is 0.114. The highest BCUT2D eigenvalue weighted by atomic mass is 35.5. The molecule has 1 aromatic carbocycles. The first-order valence-corrected chi connectivity index (χ1v) is 11.3. The summed E-state index contributed by atoms with van der Waals surface area (Å²) in [6.45, 7) is 7.23. The van der Waals surface area contributed by atoms with E-state index in [1.807, 2.05) is 19.1 Å².